The van der Waals surface area contributed by atoms with Crippen LogP contribution >= 0.6 is 35.4 Å². The molecule has 1 N–H and O–H groups in total. The van der Waals surface area contributed by atoms with Crippen molar-refractivity contribution in [1.29, 1.82) is 0 Å². The molecule has 0 saturated carbocycles. The number of carbonyl (C=O) groups is 3. The highest BCUT2D eigenvalue weighted by Crippen LogP contribution is 2.38. The molecule has 1 heterocycles. The average molecular weight is 509 g/mol. The van der Waals surface area contributed by atoms with Crippen LogP contribution in [0.2, 0.25) is 10.0 Å². The lowest BCUT2D eigenvalue weighted by Crippen LogP contribution is -2.49. The second-order valence-corrected chi connectivity index (χ2v) is 8.41. The molecule has 1 unspecified atom stereocenters. The Morgan fingerprint density at radius 1 is 0.970 bits per heavy atom. The topological polar surface area (TPSA) is 84.9 Å². The van der Waals surface area contributed by atoms with Crippen molar-refractivity contribution in [2.24, 2.45) is 0 Å². The van der Waals surface area contributed by atoms with E-state index in [1.54, 1.807) is 62.4 Å². The lowest BCUT2D eigenvalue weighted by Gasteiger charge is -2.30. The fraction of sp³-hybridized carbons (Fsp3) is 0.304. The smallest absolute Gasteiger partial charge is 0.329 e. The number of thiocarbonyl (C=S) groups is 1. The van der Waals surface area contributed by atoms with Gasteiger partial charge in [-0.3, -0.25) is 14.5 Å². The number of carbonyl (C=O) groups excluding carboxylic acids is 3. The zero-order valence-corrected chi connectivity index (χ0v) is 20.3. The SMILES string of the molecule is CCOC(=O)CC(C(=O)OCC)N1C(=O)C(c2ccc(Cl)cc2)(c2ccc(Cl)cc2)NC1=S. The van der Waals surface area contributed by atoms with Crippen LogP contribution in [0, 0.1) is 0 Å². The summed E-state index contributed by atoms with van der Waals surface area (Å²) in [5.74, 6) is -1.95. The van der Waals surface area contributed by atoms with Gasteiger partial charge < -0.3 is 14.8 Å². The molecule has 1 aliphatic heterocycles. The Labute approximate surface area is 206 Å². The third-order valence-corrected chi connectivity index (χ3v) is 5.95. The normalized spacial score (nSPS) is 15.7. The monoisotopic (exact) mass is 508 g/mol. The minimum atomic E-state index is -1.47. The first-order valence-corrected chi connectivity index (χ1v) is 11.4. The summed E-state index contributed by atoms with van der Waals surface area (Å²) in [6.45, 7) is 3.48. The number of rotatable bonds is 8. The van der Waals surface area contributed by atoms with Gasteiger partial charge in [0.1, 0.15) is 6.04 Å². The van der Waals surface area contributed by atoms with Gasteiger partial charge >= 0.3 is 11.9 Å². The van der Waals surface area contributed by atoms with E-state index in [1.807, 2.05) is 0 Å². The third kappa shape index (κ3) is 4.98. The summed E-state index contributed by atoms with van der Waals surface area (Å²) < 4.78 is 10.1. The number of nitrogens with zero attached hydrogens (tertiary/aromatic N) is 1. The van der Waals surface area contributed by atoms with E-state index in [9.17, 15) is 14.4 Å². The van der Waals surface area contributed by atoms with E-state index >= 15 is 0 Å². The number of nitrogens with one attached hydrogen (secondary N) is 1. The summed E-state index contributed by atoms with van der Waals surface area (Å²) in [7, 11) is 0. The van der Waals surface area contributed by atoms with E-state index in [2.05, 4.69) is 5.32 Å². The molecule has 0 aromatic heterocycles. The molecule has 0 spiro atoms. The largest absolute Gasteiger partial charge is 0.466 e. The van der Waals surface area contributed by atoms with Crippen LogP contribution in [0.3, 0.4) is 0 Å². The summed E-state index contributed by atoms with van der Waals surface area (Å²) >= 11 is 17.6. The average Bonchev–Trinajstić information content (AvgIpc) is 3.04. The highest BCUT2D eigenvalue weighted by atomic mass is 35.5. The molecule has 0 radical (unpaired) electrons. The highest BCUT2D eigenvalue weighted by Gasteiger charge is 2.55. The van der Waals surface area contributed by atoms with Crippen LogP contribution in [-0.4, -0.2) is 47.1 Å². The summed E-state index contributed by atoms with van der Waals surface area (Å²) in [6.07, 6.45) is -0.405. The molecule has 2 aromatic carbocycles. The number of amides is 1. The van der Waals surface area contributed by atoms with Crippen LogP contribution in [0.25, 0.3) is 0 Å². The van der Waals surface area contributed by atoms with Crippen molar-refractivity contribution in [3.05, 3.63) is 69.7 Å². The van der Waals surface area contributed by atoms with Crippen molar-refractivity contribution in [1.82, 2.24) is 10.2 Å². The molecule has 1 saturated heterocycles. The Hall–Kier alpha value is -2.68. The molecule has 33 heavy (non-hydrogen) atoms. The minimum Gasteiger partial charge on any atom is -0.466 e. The minimum absolute atomic E-state index is 0.0211. The van der Waals surface area contributed by atoms with E-state index in [0.717, 1.165) is 4.90 Å². The first-order chi connectivity index (χ1) is 15.7. The van der Waals surface area contributed by atoms with Gasteiger partial charge in [-0.15, -0.1) is 0 Å². The maximum atomic E-state index is 14.0. The fourth-order valence-corrected chi connectivity index (χ4v) is 4.30. The van der Waals surface area contributed by atoms with Gasteiger partial charge in [0.15, 0.2) is 10.7 Å². The summed E-state index contributed by atoms with van der Waals surface area (Å²) in [5, 5.41) is 4.04. The molecule has 0 aliphatic carbocycles. The highest BCUT2D eigenvalue weighted by molar-refractivity contribution is 7.80. The zero-order valence-electron chi connectivity index (χ0n) is 18.0. The Balaban J connectivity index is 2.13. The van der Waals surface area contributed by atoms with Crippen molar-refractivity contribution in [3.8, 4) is 0 Å². The molecular weight excluding hydrogens is 487 g/mol. The molecule has 0 bridgehead atoms. The summed E-state index contributed by atoms with van der Waals surface area (Å²) in [4.78, 5) is 40.2. The first-order valence-electron chi connectivity index (χ1n) is 10.2. The van der Waals surface area contributed by atoms with E-state index in [-0.39, 0.29) is 18.3 Å². The standard InChI is InChI=1S/C23H22Cl2N2O5S/c1-3-31-19(28)13-18(20(29)32-4-2)27-21(30)23(26-22(27)33,14-5-9-16(24)10-6-14)15-7-11-17(25)12-8-15/h5-12,18H,3-4,13H2,1-2H3,(H,26,33). The molecular formula is C23H22Cl2N2O5S. The number of benzene rings is 2. The van der Waals surface area contributed by atoms with E-state index in [4.69, 9.17) is 44.9 Å². The predicted octanol–water partition coefficient (Wildman–Crippen LogP) is 3.84. The zero-order chi connectivity index (χ0) is 24.2. The molecule has 1 fully saturated rings. The van der Waals surface area contributed by atoms with E-state index < -0.39 is 35.8 Å². The van der Waals surface area contributed by atoms with Crippen LogP contribution in [0.5, 0.6) is 0 Å². The van der Waals surface area contributed by atoms with Crippen molar-refractivity contribution in [3.63, 3.8) is 0 Å². The molecule has 2 aromatic rings. The Morgan fingerprint density at radius 2 is 1.45 bits per heavy atom. The van der Waals surface area contributed by atoms with Crippen molar-refractivity contribution >= 4 is 58.4 Å². The molecule has 1 atom stereocenters. The fourth-order valence-electron chi connectivity index (χ4n) is 3.68. The molecule has 10 heteroatoms. The number of halogens is 2. The number of hydrogen-bond acceptors (Lipinski definition) is 6. The Kier molecular flexibility index (Phi) is 7.94. The molecule has 7 nitrogen and oxygen atoms in total. The van der Waals surface area contributed by atoms with E-state index in [0.29, 0.717) is 21.2 Å². The predicted molar refractivity (Wildman–Crippen MR) is 128 cm³/mol. The lowest BCUT2D eigenvalue weighted by atomic mass is 9.82. The quantitative estimate of drug-likeness (QED) is 0.428. The van der Waals surface area contributed by atoms with Gasteiger partial charge in [-0.05, 0) is 61.5 Å². The number of hydrogen-bond donors (Lipinski definition) is 1. The van der Waals surface area contributed by atoms with Crippen molar-refractivity contribution in [2.45, 2.75) is 31.8 Å². The van der Waals surface area contributed by atoms with Crippen molar-refractivity contribution in [2.75, 3.05) is 13.2 Å². The second-order valence-electron chi connectivity index (χ2n) is 7.15. The van der Waals surface area contributed by atoms with Gasteiger partial charge in [0.2, 0.25) is 0 Å². The molecule has 1 amide bonds. The first kappa shape index (κ1) is 25.0. The second kappa shape index (κ2) is 10.5. The van der Waals surface area contributed by atoms with E-state index in [1.165, 1.54) is 0 Å². The van der Waals surface area contributed by atoms with Crippen LogP contribution in [0.15, 0.2) is 48.5 Å². The van der Waals surface area contributed by atoms with Gasteiger partial charge in [-0.25, -0.2) is 4.79 Å². The van der Waals surface area contributed by atoms with Crippen LogP contribution < -0.4 is 5.32 Å². The van der Waals surface area contributed by atoms with Gasteiger partial charge in [0.05, 0.1) is 19.6 Å². The van der Waals surface area contributed by atoms with Crippen molar-refractivity contribution < 1.29 is 23.9 Å². The number of esters is 2. The van der Waals surface area contributed by atoms with Gasteiger partial charge in [-0.2, -0.15) is 0 Å². The van der Waals surface area contributed by atoms with Crippen LogP contribution in [0.4, 0.5) is 0 Å². The molecule has 1 aliphatic rings. The van der Waals surface area contributed by atoms with Gasteiger partial charge in [0, 0.05) is 10.0 Å². The van der Waals surface area contributed by atoms with Crippen LogP contribution in [0.1, 0.15) is 31.4 Å². The Morgan fingerprint density at radius 3 is 1.91 bits per heavy atom. The van der Waals surface area contributed by atoms with Gasteiger partial charge in [0.25, 0.3) is 5.91 Å². The summed E-state index contributed by atoms with van der Waals surface area (Å²) in [6, 6.07) is 12.1. The maximum absolute atomic E-state index is 14.0. The summed E-state index contributed by atoms with van der Waals surface area (Å²) in [5.41, 5.74) is -0.378. The third-order valence-electron chi connectivity index (χ3n) is 5.14. The number of ether oxygens (including phenoxy) is 2. The Bertz CT molecular complexity index is 1010. The van der Waals surface area contributed by atoms with Gasteiger partial charge in [-0.1, -0.05) is 47.5 Å². The maximum Gasteiger partial charge on any atom is 0.329 e. The molecule has 174 valence electrons. The van der Waals surface area contributed by atoms with Crippen LogP contribution in [-0.2, 0) is 29.4 Å². The lowest BCUT2D eigenvalue weighted by molar-refractivity contribution is -0.157. The molecule has 3 rings (SSSR count).